The lowest BCUT2D eigenvalue weighted by Crippen LogP contribution is -2.31. The molecule has 2 heterocycles. The third-order valence-electron chi connectivity index (χ3n) is 3.72. The maximum atomic E-state index is 10.3. The molecule has 100 valence electrons. The van der Waals surface area contributed by atoms with E-state index in [-0.39, 0.29) is 12.0 Å². The molecule has 1 aromatic heterocycles. The maximum absolute atomic E-state index is 10.3. The average molecular weight is 274 g/mol. The third-order valence-corrected chi connectivity index (χ3v) is 4.65. The van der Waals surface area contributed by atoms with Gasteiger partial charge >= 0.3 is 0 Å². The lowest BCUT2D eigenvalue weighted by Gasteiger charge is -2.28. The molecular weight excluding hydrogens is 256 g/mol. The Labute approximate surface area is 117 Å². The first kappa shape index (κ1) is 12.7. The molecule has 0 bridgehead atoms. The van der Waals surface area contributed by atoms with Gasteiger partial charge in [0.2, 0.25) is 0 Å². The lowest BCUT2D eigenvalue weighted by atomic mass is 9.90. The topological polar surface area (TPSA) is 29.5 Å². The first-order chi connectivity index (χ1) is 9.33. The van der Waals surface area contributed by atoms with E-state index in [1.165, 1.54) is 10.4 Å². The number of thiophene rings is 1. The fourth-order valence-electron chi connectivity index (χ4n) is 2.58. The second-order valence-electron chi connectivity index (χ2n) is 5.07. The molecule has 3 rings (SSSR count). The Kier molecular flexibility index (Phi) is 3.85. The van der Waals surface area contributed by atoms with Gasteiger partial charge in [0.1, 0.15) is 5.75 Å². The SMILES string of the molecule is OC(CCc1cccs1)C1COc2ccccc2C1. The molecule has 0 radical (unpaired) electrons. The highest BCUT2D eigenvalue weighted by Crippen LogP contribution is 2.29. The molecule has 2 unspecified atom stereocenters. The monoisotopic (exact) mass is 274 g/mol. The summed E-state index contributed by atoms with van der Waals surface area (Å²) in [7, 11) is 0. The minimum absolute atomic E-state index is 0.217. The molecule has 0 saturated heterocycles. The summed E-state index contributed by atoms with van der Waals surface area (Å²) < 4.78 is 5.74. The molecular formula is C16H18O2S. The Morgan fingerprint density at radius 1 is 1.26 bits per heavy atom. The average Bonchev–Trinajstić information content (AvgIpc) is 2.97. The minimum Gasteiger partial charge on any atom is -0.493 e. The number of aliphatic hydroxyl groups excluding tert-OH is 1. The molecule has 2 nitrogen and oxygen atoms in total. The van der Waals surface area contributed by atoms with Crippen molar-refractivity contribution < 1.29 is 9.84 Å². The smallest absolute Gasteiger partial charge is 0.122 e. The van der Waals surface area contributed by atoms with Crippen LogP contribution < -0.4 is 4.74 Å². The Morgan fingerprint density at radius 2 is 2.16 bits per heavy atom. The molecule has 1 aromatic carbocycles. The van der Waals surface area contributed by atoms with Gasteiger partial charge in [-0.2, -0.15) is 0 Å². The van der Waals surface area contributed by atoms with Crippen molar-refractivity contribution in [2.45, 2.75) is 25.4 Å². The number of hydrogen-bond acceptors (Lipinski definition) is 3. The van der Waals surface area contributed by atoms with Gasteiger partial charge in [-0.25, -0.2) is 0 Å². The van der Waals surface area contributed by atoms with E-state index < -0.39 is 0 Å². The fraction of sp³-hybridized carbons (Fsp3) is 0.375. The predicted octanol–water partition coefficient (Wildman–Crippen LogP) is 3.29. The van der Waals surface area contributed by atoms with Crippen LogP contribution in [0, 0.1) is 5.92 Å². The van der Waals surface area contributed by atoms with Gasteiger partial charge in [-0.3, -0.25) is 0 Å². The van der Waals surface area contributed by atoms with Crippen molar-refractivity contribution in [1.29, 1.82) is 0 Å². The molecule has 1 N–H and O–H groups in total. The van der Waals surface area contributed by atoms with Gasteiger partial charge in [0.15, 0.2) is 0 Å². The molecule has 3 heteroatoms. The van der Waals surface area contributed by atoms with Crippen LogP contribution in [0.5, 0.6) is 5.75 Å². The normalized spacial score (nSPS) is 19.5. The summed E-state index contributed by atoms with van der Waals surface area (Å²) in [6.07, 6.45) is 2.41. The summed E-state index contributed by atoms with van der Waals surface area (Å²) >= 11 is 1.76. The highest BCUT2D eigenvalue weighted by atomic mass is 32.1. The zero-order valence-corrected chi connectivity index (χ0v) is 11.6. The summed E-state index contributed by atoms with van der Waals surface area (Å²) in [6.45, 7) is 0.628. The second kappa shape index (κ2) is 5.76. The van der Waals surface area contributed by atoms with Gasteiger partial charge in [-0.15, -0.1) is 11.3 Å². The van der Waals surface area contributed by atoms with Crippen molar-refractivity contribution in [3.8, 4) is 5.75 Å². The van der Waals surface area contributed by atoms with E-state index in [1.54, 1.807) is 11.3 Å². The van der Waals surface area contributed by atoms with Gasteiger partial charge in [0.25, 0.3) is 0 Å². The summed E-state index contributed by atoms with van der Waals surface area (Å²) in [5.41, 5.74) is 1.22. The van der Waals surface area contributed by atoms with E-state index in [0.29, 0.717) is 6.61 Å². The number of ether oxygens (including phenoxy) is 1. The molecule has 0 fully saturated rings. The Morgan fingerprint density at radius 3 is 3.00 bits per heavy atom. The second-order valence-corrected chi connectivity index (χ2v) is 6.10. The van der Waals surface area contributed by atoms with E-state index >= 15 is 0 Å². The van der Waals surface area contributed by atoms with Crippen LogP contribution in [-0.2, 0) is 12.8 Å². The number of aryl methyl sites for hydroxylation is 1. The fourth-order valence-corrected chi connectivity index (χ4v) is 3.30. The summed E-state index contributed by atoms with van der Waals surface area (Å²) in [6, 6.07) is 12.3. The van der Waals surface area contributed by atoms with E-state index in [0.717, 1.165) is 25.0 Å². The summed E-state index contributed by atoms with van der Waals surface area (Å²) in [5, 5.41) is 12.4. The standard InChI is InChI=1S/C16H18O2S/c17-15(8-7-14-5-3-9-19-14)13-10-12-4-1-2-6-16(12)18-11-13/h1-6,9,13,15,17H,7-8,10-11H2. The molecule has 19 heavy (non-hydrogen) atoms. The molecule has 0 amide bonds. The maximum Gasteiger partial charge on any atom is 0.122 e. The van der Waals surface area contributed by atoms with Crippen molar-refractivity contribution in [3.63, 3.8) is 0 Å². The number of para-hydroxylation sites is 1. The molecule has 0 spiro atoms. The van der Waals surface area contributed by atoms with Crippen LogP contribution in [0.2, 0.25) is 0 Å². The van der Waals surface area contributed by atoms with Gasteiger partial charge in [-0.1, -0.05) is 24.3 Å². The molecule has 2 aromatic rings. The number of aliphatic hydroxyl groups is 1. The first-order valence-corrected chi connectivity index (χ1v) is 7.62. The van der Waals surface area contributed by atoms with E-state index in [2.05, 4.69) is 23.6 Å². The number of benzene rings is 1. The van der Waals surface area contributed by atoms with Crippen LogP contribution in [0.25, 0.3) is 0 Å². The largest absolute Gasteiger partial charge is 0.493 e. The molecule has 0 aliphatic carbocycles. The lowest BCUT2D eigenvalue weighted by molar-refractivity contribution is 0.0591. The molecule has 1 aliphatic heterocycles. The van der Waals surface area contributed by atoms with E-state index in [4.69, 9.17) is 4.74 Å². The van der Waals surface area contributed by atoms with Gasteiger partial charge in [0.05, 0.1) is 12.7 Å². The molecule has 2 atom stereocenters. The van der Waals surface area contributed by atoms with Crippen LogP contribution in [-0.4, -0.2) is 17.8 Å². The third kappa shape index (κ3) is 2.99. The highest BCUT2D eigenvalue weighted by Gasteiger charge is 2.25. The number of rotatable bonds is 4. The van der Waals surface area contributed by atoms with Crippen LogP contribution in [0.1, 0.15) is 16.9 Å². The molecule has 0 saturated carbocycles. The summed E-state index contributed by atoms with van der Waals surface area (Å²) in [5.74, 6) is 1.19. The minimum atomic E-state index is -0.282. The molecule has 1 aliphatic rings. The zero-order valence-electron chi connectivity index (χ0n) is 10.8. The van der Waals surface area contributed by atoms with Crippen molar-refractivity contribution in [3.05, 3.63) is 52.2 Å². The Bertz CT molecular complexity index is 521. The van der Waals surface area contributed by atoms with E-state index in [9.17, 15) is 5.11 Å². The van der Waals surface area contributed by atoms with Gasteiger partial charge in [-0.05, 0) is 42.3 Å². The number of hydrogen-bond donors (Lipinski definition) is 1. The van der Waals surface area contributed by atoms with Crippen molar-refractivity contribution in [1.82, 2.24) is 0 Å². The zero-order chi connectivity index (χ0) is 13.1. The van der Waals surface area contributed by atoms with Crippen LogP contribution in [0.3, 0.4) is 0 Å². The van der Waals surface area contributed by atoms with Crippen molar-refractivity contribution in [2.24, 2.45) is 5.92 Å². The number of fused-ring (bicyclic) bond motifs is 1. The summed E-state index contributed by atoms with van der Waals surface area (Å²) in [4.78, 5) is 1.34. The predicted molar refractivity (Wildman–Crippen MR) is 77.8 cm³/mol. The Balaban J connectivity index is 1.58. The van der Waals surface area contributed by atoms with Crippen LogP contribution in [0.4, 0.5) is 0 Å². The first-order valence-electron chi connectivity index (χ1n) is 6.74. The van der Waals surface area contributed by atoms with E-state index in [1.807, 2.05) is 18.2 Å². The van der Waals surface area contributed by atoms with Crippen molar-refractivity contribution >= 4 is 11.3 Å². The van der Waals surface area contributed by atoms with Gasteiger partial charge < -0.3 is 9.84 Å². The highest BCUT2D eigenvalue weighted by molar-refractivity contribution is 7.09. The van der Waals surface area contributed by atoms with Gasteiger partial charge in [0, 0.05) is 10.8 Å². The van der Waals surface area contributed by atoms with Crippen LogP contribution in [0.15, 0.2) is 41.8 Å². The Hall–Kier alpha value is -1.32. The quantitative estimate of drug-likeness (QED) is 0.927. The van der Waals surface area contributed by atoms with Crippen molar-refractivity contribution in [2.75, 3.05) is 6.61 Å². The van der Waals surface area contributed by atoms with Crippen LogP contribution >= 0.6 is 11.3 Å².